The van der Waals surface area contributed by atoms with Crippen LogP contribution in [-0.2, 0) is 0 Å². The predicted octanol–water partition coefficient (Wildman–Crippen LogP) is 4.90. The van der Waals surface area contributed by atoms with E-state index in [0.29, 0.717) is 18.1 Å². The van der Waals surface area contributed by atoms with Crippen molar-refractivity contribution in [1.29, 1.82) is 5.26 Å². The van der Waals surface area contributed by atoms with Gasteiger partial charge >= 0.3 is 0 Å². The number of benzene rings is 2. The molecule has 0 spiro atoms. The molecule has 2 rings (SSSR count). The van der Waals surface area contributed by atoms with Crippen molar-refractivity contribution in [1.82, 2.24) is 0 Å². The van der Waals surface area contributed by atoms with Gasteiger partial charge in [-0.2, -0.15) is 5.26 Å². The summed E-state index contributed by atoms with van der Waals surface area (Å²) in [4.78, 5) is 0. The van der Waals surface area contributed by atoms with E-state index in [4.69, 9.17) is 9.47 Å². The van der Waals surface area contributed by atoms with Gasteiger partial charge in [0.25, 0.3) is 0 Å². The van der Waals surface area contributed by atoms with E-state index < -0.39 is 5.82 Å². The molecule has 0 aliphatic carbocycles. The Morgan fingerprint density at radius 1 is 1.35 bits per heavy atom. The number of methoxy groups -OCH3 is 1. The minimum Gasteiger partial charge on any atom is -0.493 e. The Morgan fingerprint density at radius 2 is 2.09 bits per heavy atom. The Balaban J connectivity index is 2.51. The summed E-state index contributed by atoms with van der Waals surface area (Å²) in [7, 11) is 1.56. The van der Waals surface area contributed by atoms with Crippen LogP contribution in [0.2, 0.25) is 0 Å². The second-order valence-electron chi connectivity index (χ2n) is 4.62. The minimum absolute atomic E-state index is 0.255. The van der Waals surface area contributed by atoms with Crippen molar-refractivity contribution in [2.45, 2.75) is 6.92 Å². The van der Waals surface area contributed by atoms with E-state index in [2.05, 4.69) is 28.7 Å². The third-order valence-corrected chi connectivity index (χ3v) is 3.94. The van der Waals surface area contributed by atoms with Crippen molar-refractivity contribution in [3.8, 4) is 17.6 Å². The molecular weight excluding hydrogens is 408 g/mol. The van der Waals surface area contributed by atoms with Crippen LogP contribution >= 0.6 is 22.6 Å². The molecule has 118 valence electrons. The van der Waals surface area contributed by atoms with Gasteiger partial charge in [0.15, 0.2) is 11.5 Å². The summed E-state index contributed by atoms with van der Waals surface area (Å²) in [6, 6.07) is 11.9. The molecule has 0 fully saturated rings. The fraction of sp³-hybridized carbons (Fsp3) is 0.167. The van der Waals surface area contributed by atoms with Gasteiger partial charge in [0.1, 0.15) is 5.82 Å². The quantitative estimate of drug-likeness (QED) is 0.390. The van der Waals surface area contributed by atoms with E-state index in [9.17, 15) is 9.65 Å². The molecule has 0 aliphatic heterocycles. The number of nitriles is 1. The highest BCUT2D eigenvalue weighted by Gasteiger charge is 2.12. The van der Waals surface area contributed by atoms with Crippen molar-refractivity contribution in [2.24, 2.45) is 0 Å². The molecule has 0 heterocycles. The van der Waals surface area contributed by atoms with E-state index >= 15 is 0 Å². The molecule has 0 N–H and O–H groups in total. The minimum atomic E-state index is -0.423. The zero-order chi connectivity index (χ0) is 16.8. The normalized spacial score (nSPS) is 11.0. The summed E-state index contributed by atoms with van der Waals surface area (Å²) in [5.74, 6) is 0.820. The van der Waals surface area contributed by atoms with E-state index in [-0.39, 0.29) is 11.1 Å². The molecule has 3 nitrogen and oxygen atoms in total. The first-order chi connectivity index (χ1) is 11.1. The molecule has 23 heavy (non-hydrogen) atoms. The second-order valence-corrected chi connectivity index (χ2v) is 5.78. The monoisotopic (exact) mass is 423 g/mol. The van der Waals surface area contributed by atoms with E-state index in [1.54, 1.807) is 37.5 Å². The van der Waals surface area contributed by atoms with Gasteiger partial charge in [-0.1, -0.05) is 18.2 Å². The van der Waals surface area contributed by atoms with Crippen molar-refractivity contribution >= 4 is 34.2 Å². The first-order valence-corrected chi connectivity index (χ1v) is 8.05. The van der Waals surface area contributed by atoms with Crippen molar-refractivity contribution in [3.63, 3.8) is 0 Å². The predicted molar refractivity (Wildman–Crippen MR) is 96.8 cm³/mol. The molecule has 2 aromatic rings. The lowest BCUT2D eigenvalue weighted by Crippen LogP contribution is -1.98. The Morgan fingerprint density at radius 3 is 2.70 bits per heavy atom. The van der Waals surface area contributed by atoms with Gasteiger partial charge in [-0.25, -0.2) is 4.39 Å². The number of halogens is 2. The van der Waals surface area contributed by atoms with Gasteiger partial charge in [-0.15, -0.1) is 0 Å². The van der Waals surface area contributed by atoms with Crippen molar-refractivity contribution < 1.29 is 13.9 Å². The number of ether oxygens (including phenoxy) is 2. The Kier molecular flexibility index (Phi) is 5.99. The Hall–Kier alpha value is -2.07. The van der Waals surface area contributed by atoms with Gasteiger partial charge in [0, 0.05) is 5.56 Å². The topological polar surface area (TPSA) is 42.2 Å². The first kappa shape index (κ1) is 17.3. The van der Waals surface area contributed by atoms with Crippen LogP contribution in [0.5, 0.6) is 11.5 Å². The lowest BCUT2D eigenvalue weighted by molar-refractivity contribution is 0.308. The van der Waals surface area contributed by atoms with Crippen LogP contribution in [0.25, 0.3) is 11.6 Å². The maximum Gasteiger partial charge on any atom is 0.174 e. The largest absolute Gasteiger partial charge is 0.493 e. The van der Waals surface area contributed by atoms with E-state index in [0.717, 1.165) is 9.13 Å². The van der Waals surface area contributed by atoms with Crippen LogP contribution in [-0.4, -0.2) is 13.7 Å². The summed E-state index contributed by atoms with van der Waals surface area (Å²) >= 11 is 2.15. The lowest BCUT2D eigenvalue weighted by Gasteiger charge is -2.12. The van der Waals surface area contributed by atoms with Gasteiger partial charge in [0.2, 0.25) is 0 Å². The molecule has 0 aliphatic rings. The number of allylic oxidation sites excluding steroid dienone is 1. The Bertz CT molecular complexity index is 781. The van der Waals surface area contributed by atoms with Gasteiger partial charge in [0.05, 0.1) is 28.9 Å². The number of hydrogen-bond donors (Lipinski definition) is 0. The molecule has 0 aromatic heterocycles. The SMILES string of the molecule is CCOc1c(I)cc(/C=C(\C#N)c2ccccc2F)cc1OC. The van der Waals surface area contributed by atoms with Crippen LogP contribution in [0, 0.1) is 20.7 Å². The second kappa shape index (κ2) is 7.97. The summed E-state index contributed by atoms with van der Waals surface area (Å²) in [6.45, 7) is 2.43. The lowest BCUT2D eigenvalue weighted by atomic mass is 10.0. The number of hydrogen-bond acceptors (Lipinski definition) is 3. The fourth-order valence-electron chi connectivity index (χ4n) is 2.12. The summed E-state index contributed by atoms with van der Waals surface area (Å²) in [5.41, 5.74) is 1.28. The van der Waals surface area contributed by atoms with Crippen LogP contribution in [0.3, 0.4) is 0 Å². The first-order valence-electron chi connectivity index (χ1n) is 6.97. The van der Waals surface area contributed by atoms with Gasteiger partial charge in [-0.3, -0.25) is 0 Å². The van der Waals surface area contributed by atoms with Crippen molar-refractivity contribution in [3.05, 3.63) is 56.9 Å². The van der Waals surface area contributed by atoms with E-state index in [1.165, 1.54) is 6.07 Å². The molecule has 0 bridgehead atoms. The maximum atomic E-state index is 13.9. The Labute approximate surface area is 148 Å². The summed E-state index contributed by atoms with van der Waals surface area (Å²) < 4.78 is 25.7. The van der Waals surface area contributed by atoms with E-state index in [1.807, 2.05) is 13.0 Å². The summed E-state index contributed by atoms with van der Waals surface area (Å²) in [5, 5.41) is 9.36. The average Bonchev–Trinajstić information content (AvgIpc) is 2.55. The molecule has 0 saturated carbocycles. The van der Waals surface area contributed by atoms with Crippen LogP contribution in [0.15, 0.2) is 36.4 Å². The summed E-state index contributed by atoms with van der Waals surface area (Å²) in [6.07, 6.45) is 1.64. The van der Waals surface area contributed by atoms with Crippen LogP contribution < -0.4 is 9.47 Å². The molecule has 0 amide bonds. The standard InChI is InChI=1S/C18H15FINO2/c1-3-23-18-16(20)9-12(10-17(18)22-2)8-13(11-21)14-6-4-5-7-15(14)19/h4-10H,3H2,1-2H3/b13-8+. The molecule has 0 atom stereocenters. The third kappa shape index (κ3) is 4.02. The molecule has 0 radical (unpaired) electrons. The molecule has 2 aromatic carbocycles. The van der Waals surface area contributed by atoms with Gasteiger partial charge < -0.3 is 9.47 Å². The highest BCUT2D eigenvalue weighted by Crippen LogP contribution is 2.35. The van der Waals surface area contributed by atoms with Crippen LogP contribution in [0.1, 0.15) is 18.1 Å². The van der Waals surface area contributed by atoms with Gasteiger partial charge in [-0.05, 0) is 59.4 Å². The van der Waals surface area contributed by atoms with Crippen LogP contribution in [0.4, 0.5) is 4.39 Å². The third-order valence-electron chi connectivity index (χ3n) is 3.14. The highest BCUT2D eigenvalue weighted by molar-refractivity contribution is 14.1. The number of nitrogens with zero attached hydrogens (tertiary/aromatic N) is 1. The highest BCUT2D eigenvalue weighted by atomic mass is 127. The number of rotatable bonds is 5. The molecule has 0 unspecified atom stereocenters. The zero-order valence-corrected chi connectivity index (χ0v) is 14.9. The molecule has 5 heteroatoms. The zero-order valence-electron chi connectivity index (χ0n) is 12.8. The fourth-order valence-corrected chi connectivity index (χ4v) is 2.91. The molecule has 0 saturated heterocycles. The smallest absolute Gasteiger partial charge is 0.174 e. The van der Waals surface area contributed by atoms with Crippen molar-refractivity contribution in [2.75, 3.05) is 13.7 Å². The molecular formula is C18H15FINO2. The average molecular weight is 423 g/mol. The maximum absolute atomic E-state index is 13.9.